The maximum atomic E-state index is 12.5. The monoisotopic (exact) mass is 321 g/mol. The second-order valence-electron chi connectivity index (χ2n) is 4.74. The Balaban J connectivity index is 2.12. The third-order valence-corrected chi connectivity index (χ3v) is 3.60. The van der Waals surface area contributed by atoms with Crippen LogP contribution < -0.4 is 21.7 Å². The molecule has 3 rings (SSSR count). The third kappa shape index (κ3) is 2.45. The van der Waals surface area contributed by atoms with Crippen LogP contribution in [0.5, 0.6) is 0 Å². The van der Waals surface area contributed by atoms with E-state index >= 15 is 0 Å². The van der Waals surface area contributed by atoms with Crippen molar-refractivity contribution >= 4 is 28.1 Å². The van der Waals surface area contributed by atoms with Crippen molar-refractivity contribution in [3.05, 3.63) is 58.2 Å². The van der Waals surface area contributed by atoms with Gasteiger partial charge in [0, 0.05) is 17.3 Å². The van der Waals surface area contributed by atoms with Crippen molar-refractivity contribution in [3.63, 3.8) is 0 Å². The van der Waals surface area contributed by atoms with Gasteiger partial charge in [-0.25, -0.2) is 4.98 Å². The van der Waals surface area contributed by atoms with Gasteiger partial charge in [-0.2, -0.15) is 10.4 Å². The lowest BCUT2D eigenvalue weighted by Gasteiger charge is -2.02. The summed E-state index contributed by atoms with van der Waals surface area (Å²) in [6, 6.07) is 9.15. The van der Waals surface area contributed by atoms with Crippen molar-refractivity contribution in [2.75, 3.05) is 6.54 Å². The fraction of sp³-hybridized carbons (Fsp3) is 0.0625. The summed E-state index contributed by atoms with van der Waals surface area (Å²) in [7, 11) is 0. The molecule has 0 amide bonds. The normalized spacial score (nSPS) is 11.5. The highest BCUT2D eigenvalue weighted by molar-refractivity contribution is 7.80. The highest BCUT2D eigenvalue weighted by Gasteiger charge is 2.24. The van der Waals surface area contributed by atoms with Crippen LogP contribution in [0.25, 0.3) is 22.0 Å². The van der Waals surface area contributed by atoms with Crippen molar-refractivity contribution in [2.24, 2.45) is 5.10 Å². The Morgan fingerprint density at radius 1 is 1.43 bits per heavy atom. The predicted molar refractivity (Wildman–Crippen MR) is 91.2 cm³/mol. The van der Waals surface area contributed by atoms with Crippen molar-refractivity contribution in [3.8, 4) is 17.3 Å². The van der Waals surface area contributed by atoms with E-state index in [1.165, 1.54) is 0 Å². The van der Waals surface area contributed by atoms with Crippen LogP contribution in [0.1, 0.15) is 5.56 Å². The number of thiocarbonyl (C=S) groups is 1. The van der Waals surface area contributed by atoms with Gasteiger partial charge in [-0.15, -0.1) is 6.58 Å². The van der Waals surface area contributed by atoms with E-state index in [9.17, 15) is 10.1 Å². The first-order valence-corrected chi connectivity index (χ1v) is 7.18. The molecule has 0 unspecified atom stereocenters. The van der Waals surface area contributed by atoms with E-state index in [1.54, 1.807) is 24.3 Å². The fourth-order valence-electron chi connectivity index (χ4n) is 2.38. The zero-order valence-corrected chi connectivity index (χ0v) is 12.8. The summed E-state index contributed by atoms with van der Waals surface area (Å²) in [5.41, 5.74) is 3.51. The Kier molecular flexibility index (Phi) is 3.83. The van der Waals surface area contributed by atoms with Gasteiger partial charge >= 0.3 is 0 Å². The molecule has 1 aromatic rings. The Hall–Kier alpha value is -3.11. The van der Waals surface area contributed by atoms with Gasteiger partial charge in [0.15, 0.2) is 16.0 Å². The fourth-order valence-corrected chi connectivity index (χ4v) is 2.51. The molecule has 6 nitrogen and oxygen atoms in total. The number of nitrogens with zero attached hydrogens (tertiary/aromatic N) is 3. The van der Waals surface area contributed by atoms with Gasteiger partial charge < -0.3 is 5.32 Å². The van der Waals surface area contributed by atoms with Crippen molar-refractivity contribution < 1.29 is 0 Å². The van der Waals surface area contributed by atoms with Crippen molar-refractivity contribution in [1.29, 1.82) is 5.26 Å². The van der Waals surface area contributed by atoms with E-state index < -0.39 is 0 Å². The van der Waals surface area contributed by atoms with E-state index in [4.69, 9.17) is 12.2 Å². The molecule has 0 atom stereocenters. The first-order chi connectivity index (χ1) is 11.2. The summed E-state index contributed by atoms with van der Waals surface area (Å²) in [6.07, 6.45) is 1.65. The Bertz CT molecular complexity index is 1020. The van der Waals surface area contributed by atoms with Crippen LogP contribution >= 0.6 is 12.2 Å². The minimum Gasteiger partial charge on any atom is -0.358 e. The summed E-state index contributed by atoms with van der Waals surface area (Å²) in [5.74, 6) is 0. The number of hydrogen-bond acceptors (Lipinski definition) is 5. The molecule has 2 aliphatic rings. The Labute approximate surface area is 136 Å². The molecule has 0 spiro atoms. The molecule has 1 aliphatic carbocycles. The molecule has 0 radical (unpaired) electrons. The second kappa shape index (κ2) is 5.94. The minimum absolute atomic E-state index is 0.153. The molecule has 1 aromatic carbocycles. The van der Waals surface area contributed by atoms with E-state index in [0.717, 1.165) is 5.39 Å². The van der Waals surface area contributed by atoms with Gasteiger partial charge in [-0.05, 0) is 12.2 Å². The zero-order valence-electron chi connectivity index (χ0n) is 12.0. The molecular weight excluding hydrogens is 310 g/mol. The average molecular weight is 321 g/mol. The van der Waals surface area contributed by atoms with E-state index in [1.807, 2.05) is 12.1 Å². The molecule has 1 heterocycles. The lowest BCUT2D eigenvalue weighted by molar-refractivity contribution is 0.890. The standard InChI is InChI=1S/C16H11N5OS/c1-2-7-18-16(23)21-20-15-11(8-17)12-13(19-15)9-5-3-4-6-10(9)14(12)22/h2-6H,1,7H2,(H2,18,21,23)/b20-15+. The van der Waals surface area contributed by atoms with E-state index in [2.05, 4.69) is 27.4 Å². The van der Waals surface area contributed by atoms with Gasteiger partial charge in [0.2, 0.25) is 0 Å². The topological polar surface area (TPSA) is 90.2 Å². The lowest BCUT2D eigenvalue weighted by Crippen LogP contribution is -2.33. The first kappa shape index (κ1) is 14.8. The number of benzene rings is 1. The number of fused-ring (bicyclic) bond motifs is 3. The van der Waals surface area contributed by atoms with Crippen molar-refractivity contribution in [2.45, 2.75) is 0 Å². The molecule has 1 aliphatic heterocycles. The van der Waals surface area contributed by atoms with Gasteiger partial charge in [0.25, 0.3) is 0 Å². The van der Waals surface area contributed by atoms with Gasteiger partial charge in [-0.3, -0.25) is 10.2 Å². The molecule has 0 fully saturated rings. The second-order valence-corrected chi connectivity index (χ2v) is 5.15. The summed E-state index contributed by atoms with van der Waals surface area (Å²) < 4.78 is 0. The van der Waals surface area contributed by atoms with Crippen LogP contribution in [-0.4, -0.2) is 16.6 Å². The highest BCUT2D eigenvalue weighted by Crippen LogP contribution is 2.28. The number of nitriles is 1. The molecule has 7 heteroatoms. The number of rotatable bonds is 3. The quantitative estimate of drug-likeness (QED) is 0.423. The number of nitrogens with one attached hydrogen (secondary N) is 2. The highest BCUT2D eigenvalue weighted by atomic mass is 32.1. The predicted octanol–water partition coefficient (Wildman–Crippen LogP) is 0.913. The van der Waals surface area contributed by atoms with Gasteiger partial charge in [-0.1, -0.05) is 30.3 Å². The van der Waals surface area contributed by atoms with Crippen LogP contribution in [0.2, 0.25) is 0 Å². The van der Waals surface area contributed by atoms with Crippen molar-refractivity contribution in [1.82, 2.24) is 15.7 Å². The zero-order chi connectivity index (χ0) is 16.4. The maximum Gasteiger partial charge on any atom is 0.197 e. The Morgan fingerprint density at radius 3 is 2.87 bits per heavy atom. The van der Waals surface area contributed by atoms with Crippen LogP contribution in [0, 0.1) is 11.3 Å². The summed E-state index contributed by atoms with van der Waals surface area (Å²) >= 11 is 5.02. The maximum absolute atomic E-state index is 12.5. The first-order valence-electron chi connectivity index (χ1n) is 6.77. The van der Waals surface area contributed by atoms with Crippen LogP contribution in [0.15, 0.2) is 46.8 Å². The molecule has 0 saturated heterocycles. The Morgan fingerprint density at radius 2 is 2.17 bits per heavy atom. The van der Waals surface area contributed by atoms with Gasteiger partial charge in [0.05, 0.1) is 11.3 Å². The number of hydrogen-bond donors (Lipinski definition) is 2. The molecule has 112 valence electrons. The molecular formula is C16H11N5OS. The molecule has 0 bridgehead atoms. The number of aromatic nitrogens is 1. The lowest BCUT2D eigenvalue weighted by atomic mass is 10.2. The van der Waals surface area contributed by atoms with Gasteiger partial charge in [0.1, 0.15) is 11.6 Å². The summed E-state index contributed by atoms with van der Waals surface area (Å²) in [4.78, 5) is 16.8. The van der Waals surface area contributed by atoms with Crippen LogP contribution in [0.4, 0.5) is 0 Å². The van der Waals surface area contributed by atoms with E-state index in [0.29, 0.717) is 23.2 Å². The summed E-state index contributed by atoms with van der Waals surface area (Å²) in [6.45, 7) is 4.06. The SMILES string of the molecule is C=CCNC(=S)N/N=c1/nc2c3ccccc3c(=O)c-2c1C#N. The molecule has 0 saturated carbocycles. The molecule has 0 aromatic heterocycles. The molecule has 2 N–H and O–H groups in total. The molecule has 23 heavy (non-hydrogen) atoms. The third-order valence-electron chi connectivity index (χ3n) is 3.36. The average Bonchev–Trinajstić information content (AvgIpc) is 3.07. The van der Waals surface area contributed by atoms with Crippen LogP contribution in [0.3, 0.4) is 0 Å². The minimum atomic E-state index is -0.201. The summed E-state index contributed by atoms with van der Waals surface area (Å²) in [5, 5.41) is 17.8. The largest absolute Gasteiger partial charge is 0.358 e. The smallest absolute Gasteiger partial charge is 0.197 e. The van der Waals surface area contributed by atoms with Crippen LogP contribution in [-0.2, 0) is 0 Å². The van der Waals surface area contributed by atoms with E-state index in [-0.39, 0.29) is 21.6 Å².